The van der Waals surface area contributed by atoms with Crippen molar-refractivity contribution in [1.82, 2.24) is 24.5 Å². The molecule has 0 saturated carbocycles. The molecule has 1 fully saturated rings. The number of hydrogen-bond donors (Lipinski definition) is 0. The molecule has 1 saturated heterocycles. The van der Waals surface area contributed by atoms with Crippen molar-refractivity contribution in [3.05, 3.63) is 95.3 Å². The van der Waals surface area contributed by atoms with Gasteiger partial charge in [0.05, 0.1) is 17.0 Å². The van der Waals surface area contributed by atoms with Crippen molar-refractivity contribution in [2.75, 3.05) is 26.2 Å². The molecule has 0 aliphatic carbocycles. The molecule has 6 rings (SSSR count). The first-order valence-corrected chi connectivity index (χ1v) is 12.6. The highest BCUT2D eigenvalue weighted by atomic mass is 32.1. The van der Waals surface area contributed by atoms with Crippen LogP contribution in [0.4, 0.5) is 0 Å². The van der Waals surface area contributed by atoms with Crippen LogP contribution >= 0.6 is 11.3 Å². The third-order valence-electron chi connectivity index (χ3n) is 6.44. The molecule has 176 valence electrons. The second-order valence-electron chi connectivity index (χ2n) is 8.73. The van der Waals surface area contributed by atoms with Crippen LogP contribution in [0.1, 0.15) is 21.8 Å². The van der Waals surface area contributed by atoms with E-state index in [1.165, 1.54) is 5.56 Å². The van der Waals surface area contributed by atoms with Crippen LogP contribution in [-0.4, -0.2) is 56.6 Å². The summed E-state index contributed by atoms with van der Waals surface area (Å²) in [6.07, 6.45) is 2.01. The lowest BCUT2D eigenvalue weighted by molar-refractivity contribution is 0.0617. The van der Waals surface area contributed by atoms with E-state index in [4.69, 9.17) is 4.52 Å². The molecule has 0 radical (unpaired) electrons. The highest BCUT2D eigenvalue weighted by molar-refractivity contribution is 7.13. The Morgan fingerprint density at radius 2 is 1.71 bits per heavy atom. The van der Waals surface area contributed by atoms with Gasteiger partial charge in [-0.3, -0.25) is 9.69 Å². The van der Waals surface area contributed by atoms with Gasteiger partial charge in [0.1, 0.15) is 0 Å². The molecule has 1 aliphatic rings. The number of benzene rings is 2. The van der Waals surface area contributed by atoms with Crippen LogP contribution in [0.15, 0.2) is 82.8 Å². The molecule has 5 aromatic rings. The van der Waals surface area contributed by atoms with E-state index in [1.54, 1.807) is 11.3 Å². The Morgan fingerprint density at radius 3 is 2.51 bits per heavy atom. The van der Waals surface area contributed by atoms with Crippen LogP contribution in [0.2, 0.25) is 0 Å². The fourth-order valence-corrected chi connectivity index (χ4v) is 5.27. The van der Waals surface area contributed by atoms with Crippen molar-refractivity contribution in [1.29, 1.82) is 0 Å². The normalized spacial score (nSPS) is 14.6. The van der Waals surface area contributed by atoms with Crippen molar-refractivity contribution < 1.29 is 9.32 Å². The van der Waals surface area contributed by atoms with Gasteiger partial charge in [0.2, 0.25) is 11.7 Å². The molecule has 35 heavy (non-hydrogen) atoms. The number of aromatic nitrogens is 3. The number of fused-ring (bicyclic) bond motifs is 1. The summed E-state index contributed by atoms with van der Waals surface area (Å²) in [5, 5.41) is 7.10. The van der Waals surface area contributed by atoms with E-state index in [0.29, 0.717) is 31.3 Å². The van der Waals surface area contributed by atoms with Crippen molar-refractivity contribution in [3.63, 3.8) is 0 Å². The van der Waals surface area contributed by atoms with Crippen LogP contribution < -0.4 is 0 Å². The third-order valence-corrected chi connectivity index (χ3v) is 7.31. The monoisotopic (exact) mass is 483 g/mol. The number of hydrogen-bond acceptors (Lipinski definition) is 6. The first kappa shape index (κ1) is 21.8. The van der Waals surface area contributed by atoms with Gasteiger partial charge in [-0.25, -0.2) is 0 Å². The first-order chi connectivity index (χ1) is 17.2. The van der Waals surface area contributed by atoms with Gasteiger partial charge < -0.3 is 14.0 Å². The van der Waals surface area contributed by atoms with Crippen molar-refractivity contribution in [2.45, 2.75) is 13.1 Å². The second kappa shape index (κ2) is 9.48. The van der Waals surface area contributed by atoms with Crippen molar-refractivity contribution in [3.8, 4) is 10.7 Å². The molecule has 0 atom stereocenters. The summed E-state index contributed by atoms with van der Waals surface area (Å²) in [5.74, 6) is 1.33. The summed E-state index contributed by atoms with van der Waals surface area (Å²) in [6, 6.07) is 22.5. The number of para-hydroxylation sites is 1. The van der Waals surface area contributed by atoms with Crippen molar-refractivity contribution >= 4 is 28.1 Å². The van der Waals surface area contributed by atoms with E-state index in [-0.39, 0.29) is 5.91 Å². The third kappa shape index (κ3) is 4.50. The first-order valence-electron chi connectivity index (χ1n) is 11.7. The Morgan fingerprint density at radius 1 is 0.914 bits per heavy atom. The maximum atomic E-state index is 13.5. The lowest BCUT2D eigenvalue weighted by Crippen LogP contribution is -2.48. The molecule has 4 heterocycles. The summed E-state index contributed by atoms with van der Waals surface area (Å²) < 4.78 is 7.63. The lowest BCUT2D eigenvalue weighted by Gasteiger charge is -2.33. The Labute approximate surface area is 207 Å². The summed E-state index contributed by atoms with van der Waals surface area (Å²) in [4.78, 5) is 23.3. The molecule has 0 N–H and O–H groups in total. The Bertz CT molecular complexity index is 1430. The number of nitrogens with zero attached hydrogens (tertiary/aromatic N) is 5. The molecule has 0 spiro atoms. The summed E-state index contributed by atoms with van der Waals surface area (Å²) in [5.41, 5.74) is 3.06. The number of rotatable bonds is 6. The van der Waals surface area contributed by atoms with Crippen LogP contribution in [-0.2, 0) is 13.1 Å². The van der Waals surface area contributed by atoms with E-state index in [9.17, 15) is 4.79 Å². The lowest BCUT2D eigenvalue weighted by atomic mass is 10.1. The zero-order chi connectivity index (χ0) is 23.6. The van der Waals surface area contributed by atoms with E-state index >= 15 is 0 Å². The Hall–Kier alpha value is -3.75. The van der Waals surface area contributed by atoms with Gasteiger partial charge in [0.15, 0.2) is 0 Å². The number of carbonyl (C=O) groups excluding carboxylic acids is 1. The smallest absolute Gasteiger partial charge is 0.256 e. The van der Waals surface area contributed by atoms with Gasteiger partial charge in [-0.2, -0.15) is 4.98 Å². The average Bonchev–Trinajstić information content (AvgIpc) is 3.66. The quantitative estimate of drug-likeness (QED) is 0.348. The van der Waals surface area contributed by atoms with E-state index in [1.807, 2.05) is 65.0 Å². The minimum absolute atomic E-state index is 0.0884. The molecule has 1 amide bonds. The fourth-order valence-electron chi connectivity index (χ4n) is 4.62. The number of piperazine rings is 1. The zero-order valence-electron chi connectivity index (χ0n) is 19.2. The van der Waals surface area contributed by atoms with E-state index in [2.05, 4.69) is 37.8 Å². The second-order valence-corrected chi connectivity index (χ2v) is 9.68. The number of thiophene rings is 1. The average molecular weight is 484 g/mol. The van der Waals surface area contributed by atoms with Gasteiger partial charge in [-0.1, -0.05) is 59.8 Å². The molecule has 3 aromatic heterocycles. The SMILES string of the molecule is O=C(c1cn(Cc2ccccc2)c2ccccc12)N1CCN(Cc2nc(-c3cccs3)no2)CC1. The van der Waals surface area contributed by atoms with E-state index in [0.717, 1.165) is 41.0 Å². The highest BCUT2D eigenvalue weighted by Gasteiger charge is 2.26. The molecular formula is C27H25N5O2S. The molecule has 2 aromatic carbocycles. The van der Waals surface area contributed by atoms with Crippen LogP contribution in [0, 0.1) is 0 Å². The summed E-state index contributed by atoms with van der Waals surface area (Å²) in [6.45, 7) is 4.21. The maximum Gasteiger partial charge on any atom is 0.256 e. The van der Waals surface area contributed by atoms with Crippen LogP contribution in [0.5, 0.6) is 0 Å². The predicted octanol–water partition coefficient (Wildman–Crippen LogP) is 4.76. The molecule has 0 unspecified atom stereocenters. The van der Waals surface area contributed by atoms with Crippen LogP contribution in [0.3, 0.4) is 0 Å². The van der Waals surface area contributed by atoms with Gasteiger partial charge in [0, 0.05) is 49.8 Å². The zero-order valence-corrected chi connectivity index (χ0v) is 20.0. The van der Waals surface area contributed by atoms with Crippen LogP contribution in [0.25, 0.3) is 21.6 Å². The van der Waals surface area contributed by atoms with Gasteiger partial charge in [-0.15, -0.1) is 11.3 Å². The van der Waals surface area contributed by atoms with Gasteiger partial charge in [-0.05, 0) is 23.1 Å². The van der Waals surface area contributed by atoms with Gasteiger partial charge >= 0.3 is 0 Å². The molecule has 7 nitrogen and oxygen atoms in total. The molecule has 1 aliphatic heterocycles. The number of carbonyl (C=O) groups is 1. The predicted molar refractivity (Wildman–Crippen MR) is 136 cm³/mol. The van der Waals surface area contributed by atoms with Gasteiger partial charge in [0.25, 0.3) is 5.91 Å². The number of amides is 1. The van der Waals surface area contributed by atoms with Crippen molar-refractivity contribution in [2.24, 2.45) is 0 Å². The minimum atomic E-state index is 0.0884. The largest absolute Gasteiger partial charge is 0.342 e. The summed E-state index contributed by atoms with van der Waals surface area (Å²) in [7, 11) is 0. The Balaban J connectivity index is 1.13. The maximum absolute atomic E-state index is 13.5. The molecular weight excluding hydrogens is 458 g/mol. The van der Waals surface area contributed by atoms with E-state index < -0.39 is 0 Å². The minimum Gasteiger partial charge on any atom is -0.342 e. The Kier molecular flexibility index (Phi) is 5.89. The standard InChI is InChI=1S/C27H25N5O2S/c33-27(22-18-32(17-20-7-2-1-3-8-20)23-10-5-4-9-21(22)23)31-14-12-30(13-15-31)19-25-28-26(29-34-25)24-11-6-16-35-24/h1-11,16,18H,12-15,17,19H2. The fraction of sp³-hybridized carbons (Fsp3) is 0.222. The topological polar surface area (TPSA) is 67.4 Å². The molecule has 0 bridgehead atoms. The highest BCUT2D eigenvalue weighted by Crippen LogP contribution is 2.25. The molecule has 8 heteroatoms. The summed E-state index contributed by atoms with van der Waals surface area (Å²) >= 11 is 1.59.